The molecule has 90 valence electrons. The lowest BCUT2D eigenvalue weighted by Crippen LogP contribution is -2.36. The van der Waals surface area contributed by atoms with Crippen molar-refractivity contribution in [2.45, 2.75) is 26.4 Å². The molecule has 1 rings (SSSR count). The smallest absolute Gasteiger partial charge is 0.124 e. The minimum absolute atomic E-state index is 0.0288. The Bertz CT molecular complexity index is 344. The molecule has 0 aliphatic rings. The number of benzene rings is 1. The van der Waals surface area contributed by atoms with Crippen LogP contribution in [0.5, 0.6) is 0 Å². The Morgan fingerprint density at radius 1 is 1.44 bits per heavy atom. The molecule has 0 unspecified atom stereocenters. The molecule has 1 aromatic rings. The average Bonchev–Trinajstić information content (AvgIpc) is 2.21. The zero-order valence-corrected chi connectivity index (χ0v) is 10.3. The first-order valence-electron chi connectivity index (χ1n) is 5.32. The maximum Gasteiger partial charge on any atom is 0.124 e. The molecule has 2 N–H and O–H groups in total. The lowest BCUT2D eigenvalue weighted by atomic mass is 10.1. The molecule has 0 saturated heterocycles. The first-order chi connectivity index (χ1) is 7.54. The van der Waals surface area contributed by atoms with Crippen LogP contribution >= 0.6 is 11.6 Å². The molecule has 16 heavy (non-hydrogen) atoms. The van der Waals surface area contributed by atoms with Gasteiger partial charge in [0.2, 0.25) is 0 Å². The number of nitrogens with one attached hydrogen (secondary N) is 1. The van der Waals surface area contributed by atoms with Crippen molar-refractivity contribution in [3.63, 3.8) is 0 Å². The summed E-state index contributed by atoms with van der Waals surface area (Å²) in [6.07, 6.45) is 0. The van der Waals surface area contributed by atoms with Crippen LogP contribution in [0.15, 0.2) is 18.2 Å². The molecule has 0 saturated carbocycles. The Kier molecular flexibility index (Phi) is 5.19. The summed E-state index contributed by atoms with van der Waals surface area (Å²) in [4.78, 5) is 0. The number of halogens is 2. The van der Waals surface area contributed by atoms with Gasteiger partial charge < -0.3 is 10.4 Å². The molecule has 0 amide bonds. The minimum atomic E-state index is -0.337. The quantitative estimate of drug-likeness (QED) is 0.836. The molecule has 4 heteroatoms. The van der Waals surface area contributed by atoms with Gasteiger partial charge in [-0.1, -0.05) is 31.5 Å². The molecule has 1 atom stereocenters. The van der Waals surface area contributed by atoms with E-state index in [1.807, 2.05) is 13.8 Å². The highest BCUT2D eigenvalue weighted by Crippen LogP contribution is 2.17. The van der Waals surface area contributed by atoms with Crippen molar-refractivity contribution in [3.8, 4) is 0 Å². The molecular weight excluding hydrogens is 229 g/mol. The maximum absolute atomic E-state index is 12.8. The van der Waals surface area contributed by atoms with E-state index in [1.165, 1.54) is 12.1 Å². The van der Waals surface area contributed by atoms with Crippen LogP contribution in [0, 0.1) is 11.7 Å². The van der Waals surface area contributed by atoms with E-state index in [0.29, 0.717) is 17.5 Å². The number of hydrogen-bond acceptors (Lipinski definition) is 2. The molecule has 0 fully saturated rings. The number of aliphatic hydroxyl groups excluding tert-OH is 1. The fourth-order valence-electron chi connectivity index (χ4n) is 1.42. The van der Waals surface area contributed by atoms with E-state index in [2.05, 4.69) is 5.32 Å². The molecule has 0 spiro atoms. The summed E-state index contributed by atoms with van der Waals surface area (Å²) in [6.45, 7) is 4.67. The van der Waals surface area contributed by atoms with Crippen molar-refractivity contribution in [2.24, 2.45) is 5.92 Å². The molecule has 0 bridgehead atoms. The van der Waals surface area contributed by atoms with Crippen molar-refractivity contribution < 1.29 is 9.50 Å². The fourth-order valence-corrected chi connectivity index (χ4v) is 1.65. The molecule has 0 heterocycles. The summed E-state index contributed by atoms with van der Waals surface area (Å²) in [6, 6.07) is 4.36. The first kappa shape index (κ1) is 13.4. The molecule has 0 radical (unpaired) electrons. The van der Waals surface area contributed by atoms with Gasteiger partial charge in [-0.25, -0.2) is 4.39 Å². The van der Waals surface area contributed by atoms with E-state index in [4.69, 9.17) is 16.7 Å². The van der Waals surface area contributed by atoms with E-state index in [9.17, 15) is 4.39 Å². The lowest BCUT2D eigenvalue weighted by molar-refractivity contribution is 0.210. The first-order valence-corrected chi connectivity index (χ1v) is 5.70. The van der Waals surface area contributed by atoms with Crippen molar-refractivity contribution in [2.75, 3.05) is 6.61 Å². The maximum atomic E-state index is 12.8. The van der Waals surface area contributed by atoms with Gasteiger partial charge in [-0.05, 0) is 23.6 Å². The Morgan fingerprint density at radius 3 is 2.62 bits per heavy atom. The van der Waals surface area contributed by atoms with Crippen LogP contribution in [-0.4, -0.2) is 17.8 Å². The van der Waals surface area contributed by atoms with Crippen molar-refractivity contribution in [1.29, 1.82) is 0 Å². The zero-order chi connectivity index (χ0) is 12.1. The summed E-state index contributed by atoms with van der Waals surface area (Å²) in [5, 5.41) is 12.7. The van der Waals surface area contributed by atoms with Crippen LogP contribution in [0.25, 0.3) is 0 Å². The van der Waals surface area contributed by atoms with E-state index < -0.39 is 0 Å². The molecule has 0 aliphatic carbocycles. The second-order valence-corrected chi connectivity index (χ2v) is 4.56. The third kappa shape index (κ3) is 3.74. The van der Waals surface area contributed by atoms with Gasteiger partial charge in [0.05, 0.1) is 6.61 Å². The molecule has 0 aliphatic heterocycles. The Morgan fingerprint density at radius 2 is 2.12 bits per heavy atom. The zero-order valence-electron chi connectivity index (χ0n) is 9.50. The summed E-state index contributed by atoms with van der Waals surface area (Å²) >= 11 is 5.89. The minimum Gasteiger partial charge on any atom is -0.395 e. The third-order valence-electron chi connectivity index (χ3n) is 2.57. The van der Waals surface area contributed by atoms with Gasteiger partial charge in [0.25, 0.3) is 0 Å². The van der Waals surface area contributed by atoms with Gasteiger partial charge in [-0.15, -0.1) is 0 Å². The molecular formula is C12H17ClFNO. The molecule has 0 aromatic heterocycles. The van der Waals surface area contributed by atoms with Crippen LogP contribution in [0.4, 0.5) is 4.39 Å². The average molecular weight is 246 g/mol. The Hall–Kier alpha value is -0.640. The topological polar surface area (TPSA) is 32.3 Å². The number of rotatable bonds is 5. The summed E-state index contributed by atoms with van der Waals surface area (Å²) in [5.74, 6) is 0.000502. The second-order valence-electron chi connectivity index (χ2n) is 4.15. The predicted molar refractivity (Wildman–Crippen MR) is 64.0 cm³/mol. The van der Waals surface area contributed by atoms with Crippen molar-refractivity contribution in [3.05, 3.63) is 34.6 Å². The molecule has 1 aromatic carbocycles. The van der Waals surface area contributed by atoms with Crippen molar-refractivity contribution in [1.82, 2.24) is 5.32 Å². The monoisotopic (exact) mass is 245 g/mol. The number of hydrogen-bond donors (Lipinski definition) is 2. The second kappa shape index (κ2) is 6.18. The van der Waals surface area contributed by atoms with E-state index in [1.54, 1.807) is 6.07 Å². The Balaban J connectivity index is 2.60. The summed E-state index contributed by atoms with van der Waals surface area (Å²) in [7, 11) is 0. The number of aliphatic hydroxyl groups is 1. The van der Waals surface area contributed by atoms with Crippen LogP contribution in [-0.2, 0) is 6.54 Å². The van der Waals surface area contributed by atoms with Crippen LogP contribution < -0.4 is 5.32 Å². The van der Waals surface area contributed by atoms with Gasteiger partial charge in [0.15, 0.2) is 0 Å². The highest BCUT2D eigenvalue weighted by molar-refractivity contribution is 6.31. The lowest BCUT2D eigenvalue weighted by Gasteiger charge is -2.20. The molecule has 2 nitrogen and oxygen atoms in total. The van der Waals surface area contributed by atoms with Crippen LogP contribution in [0.2, 0.25) is 5.02 Å². The van der Waals surface area contributed by atoms with Gasteiger partial charge in [0.1, 0.15) is 5.82 Å². The van der Waals surface area contributed by atoms with E-state index in [0.717, 1.165) is 5.56 Å². The largest absolute Gasteiger partial charge is 0.395 e. The van der Waals surface area contributed by atoms with Crippen LogP contribution in [0.1, 0.15) is 19.4 Å². The summed E-state index contributed by atoms with van der Waals surface area (Å²) in [5.41, 5.74) is 0.835. The normalized spacial score (nSPS) is 13.1. The van der Waals surface area contributed by atoms with Gasteiger partial charge in [-0.3, -0.25) is 0 Å². The standard InChI is InChI=1S/C12H17ClFNO/c1-8(2)12(7-16)15-6-9-3-4-10(14)5-11(9)13/h3-5,8,12,15-16H,6-7H2,1-2H3/t12-/m1/s1. The van der Waals surface area contributed by atoms with E-state index >= 15 is 0 Å². The highest BCUT2D eigenvalue weighted by atomic mass is 35.5. The highest BCUT2D eigenvalue weighted by Gasteiger charge is 2.11. The van der Waals surface area contributed by atoms with Gasteiger partial charge in [0, 0.05) is 17.6 Å². The third-order valence-corrected chi connectivity index (χ3v) is 2.92. The SMILES string of the molecule is CC(C)[C@@H](CO)NCc1ccc(F)cc1Cl. The van der Waals surface area contributed by atoms with Gasteiger partial charge in [-0.2, -0.15) is 0 Å². The van der Waals surface area contributed by atoms with Crippen molar-refractivity contribution >= 4 is 11.6 Å². The predicted octanol–water partition coefficient (Wildman–Crippen LogP) is 2.59. The van der Waals surface area contributed by atoms with E-state index in [-0.39, 0.29) is 18.5 Å². The van der Waals surface area contributed by atoms with Crippen LogP contribution in [0.3, 0.4) is 0 Å². The fraction of sp³-hybridized carbons (Fsp3) is 0.500. The van der Waals surface area contributed by atoms with Gasteiger partial charge >= 0.3 is 0 Å². The summed E-state index contributed by atoms with van der Waals surface area (Å²) < 4.78 is 12.8. The Labute approximate surface area is 100 Å².